The van der Waals surface area contributed by atoms with Crippen LogP contribution in [-0.4, -0.2) is 8.32 Å². The van der Waals surface area contributed by atoms with Gasteiger partial charge in [-0.15, -0.1) is 0 Å². The monoisotopic (exact) mass is 251 g/mol. The first-order valence-electron chi connectivity index (χ1n) is 6.32. The van der Waals surface area contributed by atoms with Crippen LogP contribution in [0.25, 0.3) is 0 Å². The van der Waals surface area contributed by atoms with E-state index in [9.17, 15) is 0 Å². The van der Waals surface area contributed by atoms with E-state index >= 15 is 0 Å². The molecule has 17 heavy (non-hydrogen) atoms. The molecular weight excluding hydrogens is 226 g/mol. The van der Waals surface area contributed by atoms with Crippen molar-refractivity contribution in [3.63, 3.8) is 0 Å². The predicted octanol–water partition coefficient (Wildman–Crippen LogP) is 3.95. The molecule has 2 N–H and O–H groups in total. The highest BCUT2D eigenvalue weighted by Gasteiger charge is 2.16. The van der Waals surface area contributed by atoms with Crippen LogP contribution >= 0.6 is 0 Å². The van der Waals surface area contributed by atoms with E-state index in [0.29, 0.717) is 5.92 Å². The van der Waals surface area contributed by atoms with Gasteiger partial charge in [-0.2, -0.15) is 0 Å². The van der Waals surface area contributed by atoms with Crippen molar-refractivity contribution in [3.05, 3.63) is 29.8 Å². The Labute approximate surface area is 106 Å². The van der Waals surface area contributed by atoms with E-state index in [1.54, 1.807) is 0 Å². The number of hydrogen-bond acceptors (Lipinski definition) is 2. The molecule has 0 heterocycles. The molecule has 0 radical (unpaired) electrons. The van der Waals surface area contributed by atoms with Gasteiger partial charge in [-0.1, -0.05) is 26.0 Å². The second-order valence-corrected chi connectivity index (χ2v) is 10.4. The quantitative estimate of drug-likeness (QED) is 0.804. The van der Waals surface area contributed by atoms with Crippen LogP contribution in [0.1, 0.15) is 31.9 Å². The first-order chi connectivity index (χ1) is 7.78. The van der Waals surface area contributed by atoms with Crippen molar-refractivity contribution in [2.45, 2.75) is 46.0 Å². The summed E-state index contributed by atoms with van der Waals surface area (Å²) in [6.07, 6.45) is 1.02. The Hall–Kier alpha value is -0.803. The predicted molar refractivity (Wildman–Crippen MR) is 76.8 cm³/mol. The molecule has 2 nitrogen and oxygen atoms in total. The molecule has 1 atom stereocenters. The third-order valence-electron chi connectivity index (χ3n) is 2.46. The summed E-state index contributed by atoms with van der Waals surface area (Å²) in [5.41, 5.74) is 7.34. The maximum absolute atomic E-state index is 6.14. The average molecular weight is 251 g/mol. The van der Waals surface area contributed by atoms with Crippen LogP contribution in [0.5, 0.6) is 5.75 Å². The van der Waals surface area contributed by atoms with E-state index in [1.165, 1.54) is 5.56 Å². The maximum atomic E-state index is 6.14. The Morgan fingerprint density at radius 2 is 1.65 bits per heavy atom. The minimum absolute atomic E-state index is 0.135. The molecule has 1 aromatic carbocycles. The van der Waals surface area contributed by atoms with Crippen LogP contribution in [0.4, 0.5) is 0 Å². The van der Waals surface area contributed by atoms with Gasteiger partial charge in [0.15, 0.2) is 0 Å². The molecule has 0 fully saturated rings. The van der Waals surface area contributed by atoms with Gasteiger partial charge < -0.3 is 10.2 Å². The summed E-state index contributed by atoms with van der Waals surface area (Å²) < 4.78 is 5.92. The lowest BCUT2D eigenvalue weighted by Crippen LogP contribution is -2.29. The molecule has 0 spiro atoms. The summed E-state index contributed by atoms with van der Waals surface area (Å²) in [6, 6.07) is 8.38. The van der Waals surface area contributed by atoms with Gasteiger partial charge in [0.05, 0.1) is 0 Å². The highest BCUT2D eigenvalue weighted by atomic mass is 28.4. The van der Waals surface area contributed by atoms with E-state index < -0.39 is 8.32 Å². The smallest absolute Gasteiger partial charge is 0.242 e. The molecule has 1 rings (SSSR count). The lowest BCUT2D eigenvalue weighted by Gasteiger charge is -2.20. The molecule has 0 unspecified atom stereocenters. The van der Waals surface area contributed by atoms with Crippen LogP contribution in [-0.2, 0) is 0 Å². The molecule has 0 aromatic heterocycles. The zero-order valence-corrected chi connectivity index (χ0v) is 12.7. The van der Waals surface area contributed by atoms with Crippen LogP contribution in [0.15, 0.2) is 24.3 Å². The fraction of sp³-hybridized carbons (Fsp3) is 0.571. The fourth-order valence-electron chi connectivity index (χ4n) is 1.78. The summed E-state index contributed by atoms with van der Waals surface area (Å²) in [5, 5.41) is 0. The first-order valence-corrected chi connectivity index (χ1v) is 9.73. The number of rotatable bonds is 5. The van der Waals surface area contributed by atoms with E-state index in [1.807, 2.05) is 12.1 Å². The number of hydrogen-bond donors (Lipinski definition) is 1. The molecule has 0 saturated carbocycles. The van der Waals surface area contributed by atoms with E-state index in [4.69, 9.17) is 10.2 Å². The Morgan fingerprint density at radius 3 is 2.06 bits per heavy atom. The van der Waals surface area contributed by atoms with E-state index in [0.717, 1.165) is 12.2 Å². The molecule has 0 aliphatic carbocycles. The van der Waals surface area contributed by atoms with Gasteiger partial charge in [0.2, 0.25) is 8.32 Å². The molecular formula is C14H25NOSi. The molecule has 0 aliphatic heterocycles. The molecule has 0 aliphatic rings. The van der Waals surface area contributed by atoms with Crippen molar-refractivity contribution >= 4 is 8.32 Å². The first kappa shape index (κ1) is 14.3. The standard InChI is InChI=1S/C14H25NOSi/c1-11(2)10-14(15)12-6-8-13(9-7-12)16-17(3,4)5/h6-9,11,14H,10,15H2,1-5H3/t14-/m1/s1. The zero-order chi connectivity index (χ0) is 13.1. The molecule has 0 bridgehead atoms. The van der Waals surface area contributed by atoms with Crippen LogP contribution in [0, 0.1) is 5.92 Å². The van der Waals surface area contributed by atoms with Gasteiger partial charge >= 0.3 is 0 Å². The van der Waals surface area contributed by atoms with Crippen LogP contribution in [0.2, 0.25) is 19.6 Å². The Bertz CT molecular complexity index is 340. The molecule has 96 valence electrons. The maximum Gasteiger partial charge on any atom is 0.242 e. The molecule has 0 amide bonds. The van der Waals surface area contributed by atoms with Crippen molar-refractivity contribution in [1.29, 1.82) is 0 Å². The Balaban J connectivity index is 2.67. The summed E-state index contributed by atoms with van der Waals surface area (Å²) in [7, 11) is -1.50. The van der Waals surface area contributed by atoms with Gasteiger partial charge in [0.1, 0.15) is 5.75 Å². The zero-order valence-electron chi connectivity index (χ0n) is 11.7. The van der Waals surface area contributed by atoms with Crippen molar-refractivity contribution in [1.82, 2.24) is 0 Å². The summed E-state index contributed by atoms with van der Waals surface area (Å²) in [5.74, 6) is 1.59. The van der Waals surface area contributed by atoms with Crippen molar-refractivity contribution in [2.24, 2.45) is 11.7 Å². The average Bonchev–Trinajstić information content (AvgIpc) is 2.15. The summed E-state index contributed by atoms with van der Waals surface area (Å²) >= 11 is 0. The second kappa shape index (κ2) is 5.69. The number of benzene rings is 1. The lowest BCUT2D eigenvalue weighted by atomic mass is 9.98. The summed E-state index contributed by atoms with van der Waals surface area (Å²) in [4.78, 5) is 0. The topological polar surface area (TPSA) is 35.2 Å². The Morgan fingerprint density at radius 1 is 1.12 bits per heavy atom. The SMILES string of the molecule is CC(C)C[C@@H](N)c1ccc(O[Si](C)(C)C)cc1. The van der Waals surface area contributed by atoms with E-state index in [2.05, 4.69) is 45.6 Å². The summed E-state index contributed by atoms with van der Waals surface area (Å²) in [6.45, 7) is 11.0. The number of nitrogens with two attached hydrogens (primary N) is 1. The molecule has 3 heteroatoms. The second-order valence-electron chi connectivity index (χ2n) is 6.02. The van der Waals surface area contributed by atoms with Gasteiger partial charge in [-0.05, 0) is 49.7 Å². The van der Waals surface area contributed by atoms with Crippen molar-refractivity contribution in [3.8, 4) is 5.75 Å². The van der Waals surface area contributed by atoms with Gasteiger partial charge in [-0.3, -0.25) is 0 Å². The van der Waals surface area contributed by atoms with E-state index in [-0.39, 0.29) is 6.04 Å². The van der Waals surface area contributed by atoms with Crippen LogP contribution < -0.4 is 10.2 Å². The fourth-order valence-corrected chi connectivity index (χ4v) is 2.62. The normalized spacial score (nSPS) is 13.8. The molecule has 0 saturated heterocycles. The molecule has 1 aromatic rings. The van der Waals surface area contributed by atoms with Crippen LogP contribution in [0.3, 0.4) is 0 Å². The van der Waals surface area contributed by atoms with Gasteiger partial charge in [0, 0.05) is 6.04 Å². The third kappa shape index (κ3) is 5.37. The Kier molecular flexibility index (Phi) is 4.77. The third-order valence-corrected chi connectivity index (χ3v) is 3.31. The highest BCUT2D eigenvalue weighted by Crippen LogP contribution is 2.22. The van der Waals surface area contributed by atoms with Gasteiger partial charge in [0.25, 0.3) is 0 Å². The minimum Gasteiger partial charge on any atom is -0.544 e. The highest BCUT2D eigenvalue weighted by molar-refractivity contribution is 6.70. The largest absolute Gasteiger partial charge is 0.544 e. The minimum atomic E-state index is -1.50. The lowest BCUT2D eigenvalue weighted by molar-refractivity contribution is 0.509. The van der Waals surface area contributed by atoms with Crippen molar-refractivity contribution in [2.75, 3.05) is 0 Å². The van der Waals surface area contributed by atoms with Crippen molar-refractivity contribution < 1.29 is 4.43 Å². The van der Waals surface area contributed by atoms with Gasteiger partial charge in [-0.25, -0.2) is 0 Å².